The van der Waals surface area contributed by atoms with E-state index in [0.717, 1.165) is 11.4 Å². The van der Waals surface area contributed by atoms with E-state index >= 15 is 0 Å². The summed E-state index contributed by atoms with van der Waals surface area (Å²) in [5.74, 6) is 1.11. The molecule has 0 aliphatic carbocycles. The van der Waals surface area contributed by atoms with Crippen LogP contribution in [0.5, 0.6) is 11.5 Å². The number of aromatic nitrogens is 2. The van der Waals surface area contributed by atoms with Gasteiger partial charge in [0.1, 0.15) is 25.0 Å². The number of benzene rings is 1. The number of nitrogens with zero attached hydrogens (tertiary/aromatic N) is 4. The van der Waals surface area contributed by atoms with Gasteiger partial charge in [-0.1, -0.05) is 13.8 Å². The first-order chi connectivity index (χ1) is 13.7. The minimum absolute atomic E-state index is 0.151. The van der Waals surface area contributed by atoms with Crippen LogP contribution >= 0.6 is 0 Å². The highest BCUT2D eigenvalue weighted by Crippen LogP contribution is 2.31. The average molecular weight is 384 g/mol. The fourth-order valence-corrected chi connectivity index (χ4v) is 2.70. The maximum Gasteiger partial charge on any atom is 0.171 e. The molecule has 8 nitrogen and oxygen atoms in total. The summed E-state index contributed by atoms with van der Waals surface area (Å²) < 4.78 is 23.3. The SMILES string of the molecule is CCc1nn(CCOCOCOC)c(CC)c1Oc1cc(C#N)cc(C#N)c1. The fraction of sp³-hybridized carbons (Fsp3) is 0.450. The minimum atomic E-state index is 0.151. The highest BCUT2D eigenvalue weighted by Gasteiger charge is 2.18. The number of hydrogen-bond acceptors (Lipinski definition) is 7. The Morgan fingerprint density at radius 3 is 2.29 bits per heavy atom. The molecule has 0 radical (unpaired) electrons. The summed E-state index contributed by atoms with van der Waals surface area (Å²) in [5.41, 5.74) is 2.50. The van der Waals surface area contributed by atoms with E-state index in [2.05, 4.69) is 5.10 Å². The van der Waals surface area contributed by atoms with Gasteiger partial charge in [-0.25, -0.2) is 0 Å². The number of rotatable bonds is 11. The molecule has 2 rings (SSSR count). The van der Waals surface area contributed by atoms with Crippen molar-refractivity contribution in [3.05, 3.63) is 40.7 Å². The zero-order valence-corrected chi connectivity index (χ0v) is 16.4. The van der Waals surface area contributed by atoms with Crippen molar-refractivity contribution < 1.29 is 18.9 Å². The molecule has 0 saturated heterocycles. The maximum atomic E-state index is 9.16. The van der Waals surface area contributed by atoms with E-state index in [4.69, 9.17) is 29.5 Å². The quantitative estimate of drug-likeness (QED) is 0.433. The molecule has 0 aliphatic heterocycles. The first-order valence-electron chi connectivity index (χ1n) is 9.02. The Bertz CT molecular complexity index is 832. The van der Waals surface area contributed by atoms with E-state index in [1.165, 1.54) is 6.07 Å². The molecular formula is C20H24N4O4. The molecule has 1 aromatic heterocycles. The van der Waals surface area contributed by atoms with Crippen molar-refractivity contribution in [1.82, 2.24) is 9.78 Å². The van der Waals surface area contributed by atoms with Crippen LogP contribution in [-0.2, 0) is 33.6 Å². The Kier molecular flexibility index (Phi) is 8.44. The third kappa shape index (κ3) is 5.54. The normalized spacial score (nSPS) is 10.5. The Morgan fingerprint density at radius 2 is 1.71 bits per heavy atom. The molecule has 0 saturated carbocycles. The standard InChI is InChI=1S/C20H24N4O4/c1-4-18-20(28-17-9-15(11-21)8-16(10-17)12-22)19(5-2)24(23-18)6-7-26-14-27-13-25-3/h8-10H,4-7,13-14H2,1-3H3. The lowest BCUT2D eigenvalue weighted by molar-refractivity contribution is -0.121. The molecule has 0 fully saturated rings. The number of nitriles is 2. The molecule has 1 heterocycles. The van der Waals surface area contributed by atoms with Gasteiger partial charge in [0.05, 0.1) is 42.1 Å². The number of ether oxygens (including phenoxy) is 4. The molecule has 1 aromatic carbocycles. The number of hydrogen-bond donors (Lipinski definition) is 0. The smallest absolute Gasteiger partial charge is 0.171 e. The van der Waals surface area contributed by atoms with Gasteiger partial charge in [0.15, 0.2) is 5.75 Å². The summed E-state index contributed by atoms with van der Waals surface area (Å²) in [4.78, 5) is 0. The van der Waals surface area contributed by atoms with E-state index in [-0.39, 0.29) is 13.6 Å². The summed E-state index contributed by atoms with van der Waals surface area (Å²) in [5, 5.41) is 23.0. The molecule has 0 bridgehead atoms. The first-order valence-corrected chi connectivity index (χ1v) is 9.02. The summed E-state index contributed by atoms with van der Waals surface area (Å²) in [6.45, 7) is 5.35. The van der Waals surface area contributed by atoms with Crippen LogP contribution in [0.15, 0.2) is 18.2 Å². The van der Waals surface area contributed by atoms with Crippen LogP contribution in [-0.4, -0.2) is 37.1 Å². The number of aryl methyl sites for hydroxylation is 1. The van der Waals surface area contributed by atoms with Gasteiger partial charge >= 0.3 is 0 Å². The molecule has 0 unspecified atom stereocenters. The minimum Gasteiger partial charge on any atom is -0.453 e. The maximum absolute atomic E-state index is 9.16. The van der Waals surface area contributed by atoms with Crippen molar-refractivity contribution >= 4 is 0 Å². The zero-order chi connectivity index (χ0) is 20.4. The first kappa shape index (κ1) is 21.4. The molecule has 0 aliphatic rings. The summed E-state index contributed by atoms with van der Waals surface area (Å²) in [6.07, 6.45) is 1.40. The van der Waals surface area contributed by atoms with Gasteiger partial charge in [-0.05, 0) is 31.0 Å². The van der Waals surface area contributed by atoms with Crippen molar-refractivity contribution in [2.24, 2.45) is 0 Å². The van der Waals surface area contributed by atoms with Crippen molar-refractivity contribution in [3.8, 4) is 23.6 Å². The lowest BCUT2D eigenvalue weighted by Gasteiger charge is -2.10. The molecule has 8 heteroatoms. The molecule has 0 atom stereocenters. The molecule has 0 N–H and O–H groups in total. The van der Waals surface area contributed by atoms with Crippen LogP contribution in [0.1, 0.15) is 36.4 Å². The van der Waals surface area contributed by atoms with Crippen LogP contribution in [0.4, 0.5) is 0 Å². The van der Waals surface area contributed by atoms with Crippen molar-refractivity contribution in [2.75, 3.05) is 27.3 Å². The van der Waals surface area contributed by atoms with Crippen LogP contribution in [0.3, 0.4) is 0 Å². The van der Waals surface area contributed by atoms with Crippen LogP contribution in [0.25, 0.3) is 0 Å². The van der Waals surface area contributed by atoms with Crippen LogP contribution < -0.4 is 4.74 Å². The third-order valence-electron chi connectivity index (χ3n) is 3.95. The highest BCUT2D eigenvalue weighted by molar-refractivity contribution is 5.48. The number of methoxy groups -OCH3 is 1. The lowest BCUT2D eigenvalue weighted by Crippen LogP contribution is -2.12. The Hall–Kier alpha value is -2.91. The van der Waals surface area contributed by atoms with Gasteiger partial charge in [-0.15, -0.1) is 0 Å². The van der Waals surface area contributed by atoms with Gasteiger partial charge in [0.25, 0.3) is 0 Å². The Morgan fingerprint density at radius 1 is 1.00 bits per heavy atom. The second kappa shape index (κ2) is 11.1. The van der Waals surface area contributed by atoms with Gasteiger partial charge < -0.3 is 18.9 Å². The predicted octanol–water partition coefficient (Wildman–Crippen LogP) is 3.14. The average Bonchev–Trinajstić information content (AvgIpc) is 3.06. The second-order valence-corrected chi connectivity index (χ2v) is 5.86. The predicted molar refractivity (Wildman–Crippen MR) is 101 cm³/mol. The van der Waals surface area contributed by atoms with E-state index in [0.29, 0.717) is 48.6 Å². The molecule has 0 amide bonds. The Balaban J connectivity index is 2.19. The van der Waals surface area contributed by atoms with Crippen LogP contribution in [0.2, 0.25) is 0 Å². The van der Waals surface area contributed by atoms with Gasteiger partial charge in [0, 0.05) is 7.11 Å². The van der Waals surface area contributed by atoms with Gasteiger partial charge in [-0.3, -0.25) is 4.68 Å². The van der Waals surface area contributed by atoms with E-state index in [9.17, 15) is 0 Å². The molecule has 2 aromatic rings. The Labute approximate surface area is 164 Å². The molecule has 0 spiro atoms. The van der Waals surface area contributed by atoms with E-state index in [1.807, 2.05) is 30.7 Å². The zero-order valence-electron chi connectivity index (χ0n) is 16.4. The second-order valence-electron chi connectivity index (χ2n) is 5.86. The van der Waals surface area contributed by atoms with Crippen LogP contribution in [0, 0.1) is 22.7 Å². The summed E-state index contributed by atoms with van der Waals surface area (Å²) in [6, 6.07) is 8.86. The third-order valence-corrected chi connectivity index (χ3v) is 3.95. The topological polar surface area (TPSA) is 102 Å². The van der Waals surface area contributed by atoms with E-state index < -0.39 is 0 Å². The summed E-state index contributed by atoms with van der Waals surface area (Å²) in [7, 11) is 1.55. The van der Waals surface area contributed by atoms with Crippen molar-refractivity contribution in [2.45, 2.75) is 33.2 Å². The molecule has 148 valence electrons. The fourth-order valence-electron chi connectivity index (χ4n) is 2.70. The largest absolute Gasteiger partial charge is 0.453 e. The molecule has 28 heavy (non-hydrogen) atoms. The van der Waals surface area contributed by atoms with Crippen molar-refractivity contribution in [1.29, 1.82) is 10.5 Å². The van der Waals surface area contributed by atoms with Gasteiger partial charge in [-0.2, -0.15) is 15.6 Å². The monoisotopic (exact) mass is 384 g/mol. The van der Waals surface area contributed by atoms with E-state index in [1.54, 1.807) is 19.2 Å². The summed E-state index contributed by atoms with van der Waals surface area (Å²) >= 11 is 0. The molecular weight excluding hydrogens is 360 g/mol. The van der Waals surface area contributed by atoms with Gasteiger partial charge in [0.2, 0.25) is 0 Å². The van der Waals surface area contributed by atoms with Crippen molar-refractivity contribution in [3.63, 3.8) is 0 Å². The highest BCUT2D eigenvalue weighted by atomic mass is 16.7. The lowest BCUT2D eigenvalue weighted by atomic mass is 10.1.